The largest absolute Gasteiger partial charge is 0.296 e. The Morgan fingerprint density at radius 2 is 1.54 bits per heavy atom. The van der Waals surface area contributed by atoms with Gasteiger partial charge in [0.2, 0.25) is 11.8 Å². The lowest BCUT2D eigenvalue weighted by atomic mass is 9.75. The van der Waals surface area contributed by atoms with E-state index in [9.17, 15) is 14.4 Å². The number of nitrogens with zero attached hydrogens (tertiary/aromatic N) is 3. The molecule has 0 unspecified atom stereocenters. The predicted molar refractivity (Wildman–Crippen MR) is 141 cm³/mol. The van der Waals surface area contributed by atoms with Gasteiger partial charge in [-0.05, 0) is 42.7 Å². The van der Waals surface area contributed by atoms with Gasteiger partial charge >= 0.3 is 0 Å². The predicted octanol–water partition coefficient (Wildman–Crippen LogP) is 3.68. The molecule has 7 nitrogen and oxygen atoms in total. The number of hydrogen-bond acceptors (Lipinski definition) is 5. The highest BCUT2D eigenvalue weighted by atomic mass is 16.2. The Morgan fingerprint density at radius 1 is 0.865 bits per heavy atom. The Morgan fingerprint density at radius 3 is 2.30 bits per heavy atom. The maximum atomic E-state index is 14.4. The molecule has 3 aliphatic heterocycles. The van der Waals surface area contributed by atoms with Gasteiger partial charge in [0.05, 0.1) is 34.1 Å². The van der Waals surface area contributed by atoms with Crippen molar-refractivity contribution in [3.63, 3.8) is 0 Å². The number of carbonyl (C=O) groups excluding carboxylic acids is 2. The van der Waals surface area contributed by atoms with E-state index in [0.29, 0.717) is 28.1 Å². The van der Waals surface area contributed by atoms with E-state index < -0.39 is 17.4 Å². The van der Waals surface area contributed by atoms with Gasteiger partial charge in [-0.3, -0.25) is 24.3 Å². The number of anilines is 1. The first-order chi connectivity index (χ1) is 17.9. The zero-order valence-corrected chi connectivity index (χ0v) is 20.8. The maximum Gasteiger partial charge on any atom is 0.266 e. The minimum atomic E-state index is -1.11. The fraction of sp³-hybridized carbons (Fsp3) is 0.267. The third-order valence-electron chi connectivity index (χ3n) is 8.37. The molecule has 0 radical (unpaired) electrons. The summed E-state index contributed by atoms with van der Waals surface area (Å²) in [4.78, 5) is 48.7. The first-order valence-corrected chi connectivity index (χ1v) is 12.7. The summed E-state index contributed by atoms with van der Waals surface area (Å²) in [5.41, 5.74) is 2.27. The third-order valence-corrected chi connectivity index (χ3v) is 8.37. The van der Waals surface area contributed by atoms with Gasteiger partial charge in [0.25, 0.3) is 5.56 Å². The van der Waals surface area contributed by atoms with Crippen LogP contribution in [0, 0.1) is 24.7 Å². The zero-order valence-electron chi connectivity index (χ0n) is 20.8. The van der Waals surface area contributed by atoms with Gasteiger partial charge in [-0.15, -0.1) is 0 Å². The van der Waals surface area contributed by atoms with Gasteiger partial charge in [0.15, 0.2) is 0 Å². The molecule has 2 fully saturated rings. The molecule has 3 aromatic carbocycles. The van der Waals surface area contributed by atoms with Crippen LogP contribution in [-0.4, -0.2) is 27.4 Å². The van der Waals surface area contributed by atoms with Gasteiger partial charge in [-0.1, -0.05) is 62.4 Å². The smallest absolute Gasteiger partial charge is 0.266 e. The molecular formula is C30H26N4O3. The molecular weight excluding hydrogens is 464 g/mol. The quantitative estimate of drug-likeness (QED) is 0.434. The average Bonchev–Trinajstić information content (AvgIpc) is 3.49. The van der Waals surface area contributed by atoms with Crippen molar-refractivity contribution in [1.29, 1.82) is 0 Å². The van der Waals surface area contributed by atoms with Crippen LogP contribution < -0.4 is 15.8 Å². The van der Waals surface area contributed by atoms with Crippen molar-refractivity contribution in [2.75, 3.05) is 4.90 Å². The Hall–Kier alpha value is -4.10. The van der Waals surface area contributed by atoms with Crippen LogP contribution in [0.25, 0.3) is 16.6 Å². The lowest BCUT2D eigenvalue weighted by molar-refractivity contribution is -0.123. The van der Waals surface area contributed by atoms with Crippen molar-refractivity contribution in [3.05, 3.63) is 100 Å². The summed E-state index contributed by atoms with van der Waals surface area (Å²) >= 11 is 0. The van der Waals surface area contributed by atoms with Gasteiger partial charge < -0.3 is 0 Å². The highest BCUT2D eigenvalue weighted by Gasteiger charge is 2.70. The molecule has 4 heterocycles. The van der Waals surface area contributed by atoms with E-state index in [1.165, 1.54) is 4.90 Å². The number of imide groups is 1. The molecule has 37 heavy (non-hydrogen) atoms. The zero-order chi connectivity index (χ0) is 25.6. The van der Waals surface area contributed by atoms with Crippen LogP contribution >= 0.6 is 0 Å². The molecule has 0 aliphatic carbocycles. The van der Waals surface area contributed by atoms with Gasteiger partial charge in [0, 0.05) is 11.6 Å². The van der Waals surface area contributed by atoms with Gasteiger partial charge in [-0.2, -0.15) is 0 Å². The summed E-state index contributed by atoms with van der Waals surface area (Å²) in [6.45, 7) is 6.03. The molecule has 4 aromatic rings. The van der Waals surface area contributed by atoms with Crippen LogP contribution in [0.3, 0.4) is 0 Å². The number of nitrogens with one attached hydrogen (secondary N) is 1. The minimum Gasteiger partial charge on any atom is -0.296 e. The van der Waals surface area contributed by atoms with Crippen molar-refractivity contribution >= 4 is 28.4 Å². The summed E-state index contributed by atoms with van der Waals surface area (Å²) in [6.07, 6.45) is 0. The molecule has 1 N–H and O–H groups in total. The second-order valence-corrected chi connectivity index (χ2v) is 10.6. The minimum absolute atomic E-state index is 0.0637. The van der Waals surface area contributed by atoms with Crippen LogP contribution in [0.4, 0.5) is 5.69 Å². The SMILES string of the molecule is Cc1ccccc1N1C(=O)[C@H]2[C@H](C(C)C)N[C@]3(c4ccccc4-n4c3nc3ccccc3c4=O)[C@H]2C1=O. The highest BCUT2D eigenvalue weighted by Crippen LogP contribution is 2.56. The molecule has 4 atom stereocenters. The van der Waals surface area contributed by atoms with Crippen LogP contribution in [-0.2, 0) is 15.1 Å². The number of amides is 2. The summed E-state index contributed by atoms with van der Waals surface area (Å²) in [5.74, 6) is -1.25. The monoisotopic (exact) mass is 490 g/mol. The van der Waals surface area contributed by atoms with E-state index in [0.717, 1.165) is 11.1 Å². The molecule has 1 aromatic heterocycles. The Kier molecular flexibility index (Phi) is 4.46. The summed E-state index contributed by atoms with van der Waals surface area (Å²) in [5, 5.41) is 4.25. The Bertz CT molecular complexity index is 1710. The number of aromatic nitrogens is 2. The number of carbonyl (C=O) groups is 2. The Balaban J connectivity index is 1.55. The van der Waals surface area contributed by atoms with E-state index in [1.807, 2.05) is 73.7 Å². The normalized spacial score (nSPS) is 25.8. The van der Waals surface area contributed by atoms with Crippen molar-refractivity contribution < 1.29 is 9.59 Å². The average molecular weight is 491 g/mol. The van der Waals surface area contributed by atoms with E-state index >= 15 is 0 Å². The van der Waals surface area contributed by atoms with Crippen LogP contribution in [0.1, 0.15) is 30.8 Å². The van der Waals surface area contributed by atoms with E-state index in [-0.39, 0.29) is 29.3 Å². The molecule has 0 bridgehead atoms. The van der Waals surface area contributed by atoms with E-state index in [4.69, 9.17) is 4.98 Å². The van der Waals surface area contributed by atoms with E-state index in [2.05, 4.69) is 19.2 Å². The number of aryl methyl sites for hydroxylation is 1. The number of hydrogen-bond donors (Lipinski definition) is 1. The van der Waals surface area contributed by atoms with Crippen molar-refractivity contribution in [2.24, 2.45) is 17.8 Å². The first-order valence-electron chi connectivity index (χ1n) is 12.7. The summed E-state index contributed by atoms with van der Waals surface area (Å²) in [6, 6.07) is 22.1. The van der Waals surface area contributed by atoms with Crippen LogP contribution in [0.15, 0.2) is 77.6 Å². The lowest BCUT2D eigenvalue weighted by Gasteiger charge is -2.32. The molecule has 2 saturated heterocycles. The van der Waals surface area contributed by atoms with Crippen LogP contribution in [0.5, 0.6) is 0 Å². The first kappa shape index (κ1) is 22.1. The molecule has 3 aliphatic rings. The van der Waals surface area contributed by atoms with Gasteiger partial charge in [-0.25, -0.2) is 9.88 Å². The lowest BCUT2D eigenvalue weighted by Crippen LogP contribution is -2.51. The van der Waals surface area contributed by atoms with Crippen molar-refractivity contribution in [3.8, 4) is 5.69 Å². The summed E-state index contributed by atoms with van der Waals surface area (Å²) in [7, 11) is 0. The fourth-order valence-electron chi connectivity index (χ4n) is 6.78. The molecule has 0 saturated carbocycles. The standard InChI is InChI=1S/C30H26N4O3/c1-16(2)25-23-24(28(37)33(27(23)36)21-14-8-4-10-17(21)3)30(32-25)19-12-6-9-15-22(19)34-26(35)18-11-5-7-13-20(18)31-29(30)34/h4-16,23-25,32H,1-3H3/t23-,24-,25+,30-/m1/s1. The van der Waals surface area contributed by atoms with Crippen LogP contribution in [0.2, 0.25) is 0 Å². The highest BCUT2D eigenvalue weighted by molar-refractivity contribution is 6.23. The Labute approximate surface area is 213 Å². The number of benzene rings is 3. The third kappa shape index (κ3) is 2.64. The molecule has 7 rings (SSSR count). The molecule has 2 amide bonds. The number of rotatable bonds is 2. The van der Waals surface area contributed by atoms with Crippen molar-refractivity contribution in [2.45, 2.75) is 32.4 Å². The second kappa shape index (κ2) is 7.46. The van der Waals surface area contributed by atoms with E-state index in [1.54, 1.807) is 10.6 Å². The number of para-hydroxylation sites is 3. The van der Waals surface area contributed by atoms with Crippen molar-refractivity contribution in [1.82, 2.24) is 14.9 Å². The van der Waals surface area contributed by atoms with Gasteiger partial charge in [0.1, 0.15) is 11.4 Å². The molecule has 1 spiro atoms. The molecule has 7 heteroatoms. The topological polar surface area (TPSA) is 84.3 Å². The second-order valence-electron chi connectivity index (χ2n) is 10.6. The maximum absolute atomic E-state index is 14.4. The fourth-order valence-corrected chi connectivity index (χ4v) is 6.78. The summed E-state index contributed by atoms with van der Waals surface area (Å²) < 4.78 is 1.64. The molecule has 184 valence electrons. The number of fused-ring (bicyclic) bond motifs is 8.